The molecule has 3 rings (SSSR count). The minimum absolute atomic E-state index is 0.0361. The van der Waals surface area contributed by atoms with Gasteiger partial charge in [-0.25, -0.2) is 0 Å². The SMILES string of the molecule is CN1CCC(C(=O)N2CC(Cc3ccc(Cl)cc3)(C(=O)NCCO)C2)C1. The van der Waals surface area contributed by atoms with Crippen molar-refractivity contribution in [1.29, 1.82) is 0 Å². The first kappa shape index (κ1) is 19.1. The molecule has 6 nitrogen and oxygen atoms in total. The molecule has 2 aliphatic rings. The molecule has 0 bridgehead atoms. The molecule has 26 heavy (non-hydrogen) atoms. The summed E-state index contributed by atoms with van der Waals surface area (Å²) in [5, 5.41) is 12.4. The summed E-state index contributed by atoms with van der Waals surface area (Å²) in [7, 11) is 2.02. The smallest absolute Gasteiger partial charge is 0.230 e. The van der Waals surface area contributed by atoms with E-state index in [0.29, 0.717) is 24.5 Å². The van der Waals surface area contributed by atoms with E-state index in [2.05, 4.69) is 10.2 Å². The van der Waals surface area contributed by atoms with Crippen molar-refractivity contribution in [3.05, 3.63) is 34.9 Å². The summed E-state index contributed by atoms with van der Waals surface area (Å²) in [4.78, 5) is 29.4. The fourth-order valence-electron chi connectivity index (χ4n) is 3.92. The molecule has 0 spiro atoms. The van der Waals surface area contributed by atoms with Gasteiger partial charge in [-0.05, 0) is 44.1 Å². The van der Waals surface area contributed by atoms with Crippen LogP contribution >= 0.6 is 11.6 Å². The highest BCUT2D eigenvalue weighted by atomic mass is 35.5. The van der Waals surface area contributed by atoms with Gasteiger partial charge in [-0.1, -0.05) is 23.7 Å². The highest BCUT2D eigenvalue weighted by molar-refractivity contribution is 6.30. The molecule has 2 heterocycles. The summed E-state index contributed by atoms with van der Waals surface area (Å²) in [5.41, 5.74) is 0.379. The Kier molecular flexibility index (Phi) is 5.85. The molecular weight excluding hydrogens is 354 g/mol. The number of benzene rings is 1. The highest BCUT2D eigenvalue weighted by Crippen LogP contribution is 2.36. The first-order valence-electron chi connectivity index (χ1n) is 9.04. The van der Waals surface area contributed by atoms with Crippen molar-refractivity contribution in [1.82, 2.24) is 15.1 Å². The van der Waals surface area contributed by atoms with Crippen molar-refractivity contribution in [3.8, 4) is 0 Å². The summed E-state index contributed by atoms with van der Waals surface area (Å²) in [5.74, 6) is 0.0826. The van der Waals surface area contributed by atoms with Gasteiger partial charge in [-0.15, -0.1) is 0 Å². The number of carbonyl (C=O) groups is 2. The minimum atomic E-state index is -0.636. The van der Waals surface area contributed by atoms with Crippen molar-refractivity contribution in [2.75, 3.05) is 46.4 Å². The predicted octanol–water partition coefficient (Wildman–Crippen LogP) is 0.771. The number of nitrogens with zero attached hydrogens (tertiary/aromatic N) is 2. The number of carbonyl (C=O) groups excluding carboxylic acids is 2. The Hall–Kier alpha value is -1.63. The number of halogens is 1. The number of rotatable bonds is 6. The molecule has 2 N–H and O–H groups in total. The van der Waals surface area contributed by atoms with Crippen LogP contribution in [0.1, 0.15) is 12.0 Å². The quantitative estimate of drug-likeness (QED) is 0.765. The molecule has 2 amide bonds. The average molecular weight is 380 g/mol. The molecule has 2 aliphatic heterocycles. The normalized spacial score (nSPS) is 22.1. The Morgan fingerprint density at radius 3 is 2.58 bits per heavy atom. The van der Waals surface area contributed by atoms with Crippen LogP contribution in [-0.2, 0) is 16.0 Å². The Bertz CT molecular complexity index is 658. The lowest BCUT2D eigenvalue weighted by Crippen LogP contribution is -2.66. The zero-order valence-electron chi connectivity index (χ0n) is 15.1. The third-order valence-corrected chi connectivity index (χ3v) is 5.63. The predicted molar refractivity (Wildman–Crippen MR) is 99.9 cm³/mol. The molecule has 0 saturated carbocycles. The van der Waals surface area contributed by atoms with Gasteiger partial charge in [0.2, 0.25) is 11.8 Å². The monoisotopic (exact) mass is 379 g/mol. The van der Waals surface area contributed by atoms with Crippen LogP contribution in [0.3, 0.4) is 0 Å². The number of amides is 2. The summed E-state index contributed by atoms with van der Waals surface area (Å²) < 4.78 is 0. The van der Waals surface area contributed by atoms with E-state index in [1.54, 1.807) is 4.90 Å². The van der Waals surface area contributed by atoms with Crippen LogP contribution in [0.15, 0.2) is 24.3 Å². The van der Waals surface area contributed by atoms with E-state index in [-0.39, 0.29) is 30.9 Å². The van der Waals surface area contributed by atoms with Crippen LogP contribution in [0.4, 0.5) is 0 Å². The molecule has 2 saturated heterocycles. The van der Waals surface area contributed by atoms with Gasteiger partial charge < -0.3 is 20.2 Å². The van der Waals surface area contributed by atoms with Gasteiger partial charge >= 0.3 is 0 Å². The van der Waals surface area contributed by atoms with Gasteiger partial charge in [0.15, 0.2) is 0 Å². The Labute approximate surface area is 159 Å². The van der Waals surface area contributed by atoms with Crippen molar-refractivity contribution < 1.29 is 14.7 Å². The van der Waals surface area contributed by atoms with Gasteiger partial charge in [0.25, 0.3) is 0 Å². The minimum Gasteiger partial charge on any atom is -0.395 e. The number of likely N-dealkylation sites (tertiary alicyclic amines) is 2. The topological polar surface area (TPSA) is 72.9 Å². The lowest BCUT2D eigenvalue weighted by atomic mass is 9.73. The van der Waals surface area contributed by atoms with Crippen LogP contribution < -0.4 is 5.32 Å². The molecule has 0 radical (unpaired) electrons. The second-order valence-corrected chi connectivity index (χ2v) is 7.94. The molecular formula is C19H26ClN3O3. The number of hydrogen-bond donors (Lipinski definition) is 2. The van der Waals surface area contributed by atoms with E-state index in [1.165, 1.54) is 0 Å². The summed E-state index contributed by atoms with van der Waals surface area (Å²) in [6, 6.07) is 7.46. The largest absolute Gasteiger partial charge is 0.395 e. The molecule has 142 valence electrons. The lowest BCUT2D eigenvalue weighted by molar-refractivity contribution is -0.156. The van der Waals surface area contributed by atoms with E-state index in [0.717, 1.165) is 25.1 Å². The number of aliphatic hydroxyl groups is 1. The molecule has 1 aromatic rings. The zero-order valence-corrected chi connectivity index (χ0v) is 15.8. The summed E-state index contributed by atoms with van der Waals surface area (Å²) >= 11 is 5.95. The first-order valence-corrected chi connectivity index (χ1v) is 9.42. The fraction of sp³-hybridized carbons (Fsp3) is 0.579. The van der Waals surface area contributed by atoms with E-state index < -0.39 is 5.41 Å². The van der Waals surface area contributed by atoms with Crippen molar-refractivity contribution >= 4 is 23.4 Å². The fourth-order valence-corrected chi connectivity index (χ4v) is 4.05. The molecule has 1 aromatic carbocycles. The standard InChI is InChI=1S/C19H26ClN3O3/c1-22-8-6-15(11-22)17(25)23-12-19(13-23,18(26)21-7-9-24)10-14-2-4-16(20)5-3-14/h2-5,15,24H,6-13H2,1H3,(H,21,26). The number of aliphatic hydroxyl groups excluding tert-OH is 1. The van der Waals surface area contributed by atoms with Crippen LogP contribution in [0.25, 0.3) is 0 Å². The number of nitrogens with one attached hydrogen (secondary N) is 1. The van der Waals surface area contributed by atoms with Gasteiger partial charge in [-0.3, -0.25) is 9.59 Å². The van der Waals surface area contributed by atoms with Gasteiger partial charge in [0.05, 0.1) is 17.9 Å². The van der Waals surface area contributed by atoms with E-state index in [1.807, 2.05) is 31.3 Å². The third kappa shape index (κ3) is 4.03. The Balaban J connectivity index is 1.68. The molecule has 2 fully saturated rings. The average Bonchev–Trinajstić information content (AvgIpc) is 3.03. The van der Waals surface area contributed by atoms with Gasteiger partial charge in [0, 0.05) is 31.2 Å². The maximum atomic E-state index is 12.7. The highest BCUT2D eigenvalue weighted by Gasteiger charge is 2.51. The second-order valence-electron chi connectivity index (χ2n) is 7.51. The molecule has 1 unspecified atom stereocenters. The maximum Gasteiger partial charge on any atom is 0.230 e. The molecule has 0 aromatic heterocycles. The van der Waals surface area contributed by atoms with Crippen molar-refractivity contribution in [2.24, 2.45) is 11.3 Å². The van der Waals surface area contributed by atoms with Crippen LogP contribution in [0.2, 0.25) is 5.02 Å². The second kappa shape index (κ2) is 7.94. The summed E-state index contributed by atoms with van der Waals surface area (Å²) in [6.07, 6.45) is 1.43. The third-order valence-electron chi connectivity index (χ3n) is 5.37. The summed E-state index contributed by atoms with van der Waals surface area (Å²) in [6.45, 7) is 2.70. The Morgan fingerprint density at radius 2 is 2.00 bits per heavy atom. The first-order chi connectivity index (χ1) is 12.4. The van der Waals surface area contributed by atoms with Gasteiger partial charge in [0.1, 0.15) is 0 Å². The Morgan fingerprint density at radius 1 is 1.31 bits per heavy atom. The molecule has 7 heteroatoms. The number of hydrogen-bond acceptors (Lipinski definition) is 4. The van der Waals surface area contributed by atoms with E-state index in [9.17, 15) is 9.59 Å². The van der Waals surface area contributed by atoms with Crippen LogP contribution in [0, 0.1) is 11.3 Å². The maximum absolute atomic E-state index is 12.7. The van der Waals surface area contributed by atoms with Gasteiger partial charge in [-0.2, -0.15) is 0 Å². The lowest BCUT2D eigenvalue weighted by Gasteiger charge is -2.49. The molecule has 1 atom stereocenters. The molecule has 0 aliphatic carbocycles. The van der Waals surface area contributed by atoms with Crippen molar-refractivity contribution in [2.45, 2.75) is 12.8 Å². The van der Waals surface area contributed by atoms with Crippen LogP contribution in [0.5, 0.6) is 0 Å². The zero-order chi connectivity index (χ0) is 18.7. The van der Waals surface area contributed by atoms with Crippen LogP contribution in [-0.4, -0.2) is 73.1 Å². The van der Waals surface area contributed by atoms with E-state index >= 15 is 0 Å². The van der Waals surface area contributed by atoms with Crippen molar-refractivity contribution in [3.63, 3.8) is 0 Å². The van der Waals surface area contributed by atoms with E-state index in [4.69, 9.17) is 16.7 Å².